The molecule has 1 saturated carbocycles. The number of carbonyl (C=O) groups is 1. The summed E-state index contributed by atoms with van der Waals surface area (Å²) in [5.41, 5.74) is -1.26. The normalized spacial score (nSPS) is 16.7. The summed E-state index contributed by atoms with van der Waals surface area (Å²) in [4.78, 5) is 23.7. The van der Waals surface area contributed by atoms with Gasteiger partial charge in [0.15, 0.2) is 5.75 Å². The van der Waals surface area contributed by atoms with E-state index in [2.05, 4.69) is 0 Å². The lowest BCUT2D eigenvalue weighted by atomic mass is 10.0. The maximum absolute atomic E-state index is 12.3. The van der Waals surface area contributed by atoms with Crippen molar-refractivity contribution in [1.82, 2.24) is 4.90 Å². The molecule has 1 fully saturated rings. The number of benzene rings is 1. The first-order valence-corrected chi connectivity index (χ1v) is 6.78. The van der Waals surface area contributed by atoms with Crippen LogP contribution in [0.3, 0.4) is 0 Å². The van der Waals surface area contributed by atoms with Gasteiger partial charge in [0.05, 0.1) is 10.5 Å². The fourth-order valence-electron chi connectivity index (χ4n) is 2.73. The van der Waals surface area contributed by atoms with Crippen molar-refractivity contribution in [2.24, 2.45) is 0 Å². The largest absolute Gasteiger partial charge is 0.502 e. The van der Waals surface area contributed by atoms with Crippen LogP contribution in [0.25, 0.3) is 0 Å². The number of nitro benzene ring substituents is 1. The number of hydrogen-bond acceptors (Lipinski definition) is 5. The summed E-state index contributed by atoms with van der Waals surface area (Å²) in [7, 11) is 1.55. The van der Waals surface area contributed by atoms with Crippen molar-refractivity contribution < 1.29 is 19.9 Å². The van der Waals surface area contributed by atoms with E-state index >= 15 is 0 Å². The molecule has 0 saturated heterocycles. The van der Waals surface area contributed by atoms with Crippen molar-refractivity contribution in [3.8, 4) is 5.75 Å². The highest BCUT2D eigenvalue weighted by Gasteiger charge is 2.33. The second-order valence-electron chi connectivity index (χ2n) is 5.55. The first-order valence-electron chi connectivity index (χ1n) is 6.78. The Kier molecular flexibility index (Phi) is 4.13. The average molecular weight is 294 g/mol. The summed E-state index contributed by atoms with van der Waals surface area (Å²) in [5.74, 6) is -0.896. The van der Waals surface area contributed by atoms with E-state index in [0.29, 0.717) is 12.8 Å². The molecule has 7 nitrogen and oxygen atoms in total. The number of phenols is 1. The molecule has 2 N–H and O–H groups in total. The van der Waals surface area contributed by atoms with E-state index < -0.39 is 27.9 Å². The van der Waals surface area contributed by atoms with Crippen LogP contribution >= 0.6 is 0 Å². The molecule has 0 atom stereocenters. The molecule has 0 aromatic heterocycles. The van der Waals surface area contributed by atoms with Crippen LogP contribution in [0, 0.1) is 10.1 Å². The summed E-state index contributed by atoms with van der Waals surface area (Å²) in [6.07, 6.45) is 3.17. The molecular weight excluding hydrogens is 276 g/mol. The zero-order chi connectivity index (χ0) is 15.6. The maximum atomic E-state index is 12.3. The van der Waals surface area contributed by atoms with Crippen molar-refractivity contribution in [1.29, 1.82) is 0 Å². The van der Waals surface area contributed by atoms with Gasteiger partial charge in [-0.2, -0.15) is 0 Å². The Labute approximate surface area is 122 Å². The molecule has 0 radical (unpaired) electrons. The number of aliphatic hydroxyl groups is 1. The smallest absolute Gasteiger partial charge is 0.311 e. The highest BCUT2D eigenvalue weighted by atomic mass is 16.6. The number of aromatic hydroxyl groups is 1. The predicted octanol–water partition coefficient (Wildman–Crippen LogP) is 1.68. The van der Waals surface area contributed by atoms with E-state index in [1.807, 2.05) is 0 Å². The fourth-order valence-corrected chi connectivity index (χ4v) is 2.73. The molecule has 1 amide bonds. The SMILES string of the molecule is CN(CC1(O)CCCC1)C(=O)c1ccc(O)c([N+](=O)[O-])c1. The first kappa shape index (κ1) is 15.2. The lowest BCUT2D eigenvalue weighted by Crippen LogP contribution is -2.42. The highest BCUT2D eigenvalue weighted by molar-refractivity contribution is 5.95. The molecule has 0 unspecified atom stereocenters. The van der Waals surface area contributed by atoms with Crippen molar-refractivity contribution in [2.75, 3.05) is 13.6 Å². The number of amides is 1. The van der Waals surface area contributed by atoms with Crippen molar-refractivity contribution >= 4 is 11.6 Å². The molecule has 1 aliphatic carbocycles. The van der Waals surface area contributed by atoms with Crippen LogP contribution in [0.15, 0.2) is 18.2 Å². The topological polar surface area (TPSA) is 104 Å². The minimum absolute atomic E-state index is 0.114. The molecule has 1 aromatic carbocycles. The molecule has 0 heterocycles. The molecule has 114 valence electrons. The third-order valence-corrected chi connectivity index (χ3v) is 3.83. The van der Waals surface area contributed by atoms with Gasteiger partial charge in [-0.1, -0.05) is 12.8 Å². The van der Waals surface area contributed by atoms with Gasteiger partial charge in [-0.3, -0.25) is 14.9 Å². The van der Waals surface area contributed by atoms with Gasteiger partial charge in [-0.05, 0) is 25.0 Å². The van der Waals surface area contributed by atoms with Gasteiger partial charge in [0, 0.05) is 25.2 Å². The van der Waals surface area contributed by atoms with Crippen LogP contribution in [0.5, 0.6) is 5.75 Å². The average Bonchev–Trinajstić information content (AvgIpc) is 2.84. The van der Waals surface area contributed by atoms with Crippen molar-refractivity contribution in [2.45, 2.75) is 31.3 Å². The quantitative estimate of drug-likeness (QED) is 0.649. The molecule has 21 heavy (non-hydrogen) atoms. The van der Waals surface area contributed by atoms with Gasteiger partial charge in [-0.25, -0.2) is 0 Å². The number of phenolic OH excluding ortho intramolecular Hbond substituents is 1. The number of rotatable bonds is 4. The second-order valence-corrected chi connectivity index (χ2v) is 5.55. The summed E-state index contributed by atoms with van der Waals surface area (Å²) >= 11 is 0. The summed E-state index contributed by atoms with van der Waals surface area (Å²) in [5, 5.41) is 30.5. The van der Waals surface area contributed by atoms with E-state index in [1.54, 1.807) is 7.05 Å². The minimum Gasteiger partial charge on any atom is -0.502 e. The van der Waals surface area contributed by atoms with Crippen LogP contribution in [0.1, 0.15) is 36.0 Å². The van der Waals surface area contributed by atoms with E-state index in [4.69, 9.17) is 0 Å². The van der Waals surface area contributed by atoms with Gasteiger partial charge in [-0.15, -0.1) is 0 Å². The highest BCUT2D eigenvalue weighted by Crippen LogP contribution is 2.31. The van der Waals surface area contributed by atoms with Crippen LogP contribution in [-0.2, 0) is 0 Å². The zero-order valence-electron chi connectivity index (χ0n) is 11.8. The van der Waals surface area contributed by atoms with Crippen LogP contribution in [-0.4, -0.2) is 45.1 Å². The molecule has 0 aliphatic heterocycles. The van der Waals surface area contributed by atoms with E-state index in [-0.39, 0.29) is 12.1 Å². The van der Waals surface area contributed by atoms with E-state index in [0.717, 1.165) is 25.0 Å². The fraction of sp³-hybridized carbons (Fsp3) is 0.500. The second kappa shape index (κ2) is 5.69. The van der Waals surface area contributed by atoms with Crippen molar-refractivity contribution in [3.05, 3.63) is 33.9 Å². The zero-order valence-corrected chi connectivity index (χ0v) is 11.8. The molecule has 0 spiro atoms. The van der Waals surface area contributed by atoms with Gasteiger partial charge < -0.3 is 15.1 Å². The Morgan fingerprint density at radius 3 is 2.62 bits per heavy atom. The molecule has 0 bridgehead atoms. The first-order chi connectivity index (χ1) is 9.82. The standard InChI is InChI=1S/C14H18N2O5/c1-15(9-14(19)6-2-3-7-14)13(18)10-4-5-12(17)11(8-10)16(20)21/h4-5,8,17,19H,2-3,6-7,9H2,1H3. The lowest BCUT2D eigenvalue weighted by molar-refractivity contribution is -0.385. The van der Waals surface area contributed by atoms with Gasteiger partial charge >= 0.3 is 5.69 Å². The van der Waals surface area contributed by atoms with Gasteiger partial charge in [0.2, 0.25) is 0 Å². The number of nitrogens with zero attached hydrogens (tertiary/aromatic N) is 2. The molecular formula is C14H18N2O5. The Balaban J connectivity index is 2.15. The summed E-state index contributed by atoms with van der Waals surface area (Å²) < 4.78 is 0. The predicted molar refractivity (Wildman–Crippen MR) is 75.1 cm³/mol. The van der Waals surface area contributed by atoms with Gasteiger partial charge in [0.25, 0.3) is 5.91 Å². The monoisotopic (exact) mass is 294 g/mol. The maximum Gasteiger partial charge on any atom is 0.311 e. The van der Waals surface area contributed by atoms with Crippen LogP contribution < -0.4 is 0 Å². The third-order valence-electron chi connectivity index (χ3n) is 3.83. The third kappa shape index (κ3) is 3.30. The Bertz CT molecular complexity index is 566. The molecule has 1 aliphatic rings. The molecule has 7 heteroatoms. The number of nitro groups is 1. The van der Waals surface area contributed by atoms with Crippen LogP contribution in [0.4, 0.5) is 5.69 Å². The Morgan fingerprint density at radius 1 is 1.43 bits per heavy atom. The summed E-state index contributed by atoms with van der Waals surface area (Å²) in [6.45, 7) is 0.195. The van der Waals surface area contributed by atoms with E-state index in [1.165, 1.54) is 11.0 Å². The van der Waals surface area contributed by atoms with E-state index in [9.17, 15) is 25.1 Å². The van der Waals surface area contributed by atoms with Gasteiger partial charge in [0.1, 0.15) is 0 Å². The Hall–Kier alpha value is -2.15. The number of carbonyl (C=O) groups excluding carboxylic acids is 1. The minimum atomic E-state index is -0.868. The molecule has 1 aromatic rings. The lowest BCUT2D eigenvalue weighted by Gasteiger charge is -2.28. The Morgan fingerprint density at radius 2 is 2.05 bits per heavy atom. The number of hydrogen-bond donors (Lipinski definition) is 2. The summed E-state index contributed by atoms with van der Waals surface area (Å²) in [6, 6.07) is 3.51. The van der Waals surface area contributed by atoms with Crippen LogP contribution in [0.2, 0.25) is 0 Å². The number of likely N-dealkylation sites (N-methyl/N-ethyl adjacent to an activating group) is 1. The van der Waals surface area contributed by atoms with Crippen molar-refractivity contribution in [3.63, 3.8) is 0 Å². The molecule has 2 rings (SSSR count).